The van der Waals surface area contributed by atoms with Crippen molar-refractivity contribution in [1.82, 2.24) is 4.90 Å². The van der Waals surface area contributed by atoms with Gasteiger partial charge in [-0.05, 0) is 37.3 Å². The van der Waals surface area contributed by atoms with Crippen LogP contribution in [0.5, 0.6) is 0 Å². The Bertz CT molecular complexity index is 339. The summed E-state index contributed by atoms with van der Waals surface area (Å²) in [6, 6.07) is 0. The minimum absolute atomic E-state index is 0.697. The van der Waals surface area contributed by atoms with Gasteiger partial charge in [0.1, 0.15) is 0 Å². The molecule has 2 nitrogen and oxygen atoms in total. The second-order valence-electron chi connectivity index (χ2n) is 5.38. The Labute approximate surface area is 112 Å². The molecule has 102 valence electrons. The summed E-state index contributed by atoms with van der Waals surface area (Å²) in [6.07, 6.45) is 8.93. The van der Waals surface area contributed by atoms with Crippen molar-refractivity contribution in [2.45, 2.75) is 46.5 Å². The number of nitrogens with two attached hydrogens (primary N) is 1. The molecule has 2 N–H and O–H groups in total. The van der Waals surface area contributed by atoms with Crippen LogP contribution in [0.25, 0.3) is 0 Å². The van der Waals surface area contributed by atoms with Crippen LogP contribution in [0.3, 0.4) is 0 Å². The largest absolute Gasteiger partial charge is 0.399 e. The Kier molecular flexibility index (Phi) is 6.03. The molecule has 1 rings (SSSR count). The van der Waals surface area contributed by atoms with Gasteiger partial charge in [0, 0.05) is 24.5 Å². The standard InChI is InChI=1S/C16H28N2/c1-5-7-8-9-18-12-13(3)10-14(4)16(18)11-15(17)6-2/h6,11,13H,4-5,7-10,12,17H2,1-3H3/b15-6+,16-11+. The number of unbranched alkanes of at least 4 members (excludes halogenated alkanes) is 2. The summed E-state index contributed by atoms with van der Waals surface area (Å²) >= 11 is 0. The summed E-state index contributed by atoms with van der Waals surface area (Å²) in [5.74, 6) is 0.697. The van der Waals surface area contributed by atoms with Crippen LogP contribution in [0.15, 0.2) is 35.7 Å². The lowest BCUT2D eigenvalue weighted by Gasteiger charge is -2.37. The summed E-state index contributed by atoms with van der Waals surface area (Å²) in [6.45, 7) is 13.0. The highest BCUT2D eigenvalue weighted by Crippen LogP contribution is 2.29. The summed E-state index contributed by atoms with van der Waals surface area (Å²) < 4.78 is 0. The molecule has 0 aliphatic carbocycles. The van der Waals surface area contributed by atoms with Gasteiger partial charge in [-0.2, -0.15) is 0 Å². The third kappa shape index (κ3) is 4.25. The molecule has 0 radical (unpaired) electrons. The minimum Gasteiger partial charge on any atom is -0.399 e. The first kappa shape index (κ1) is 14.9. The quantitative estimate of drug-likeness (QED) is 0.749. The highest BCUT2D eigenvalue weighted by Gasteiger charge is 2.22. The first-order valence-electron chi connectivity index (χ1n) is 7.15. The van der Waals surface area contributed by atoms with Gasteiger partial charge < -0.3 is 10.6 Å². The molecular weight excluding hydrogens is 220 g/mol. The van der Waals surface area contributed by atoms with Gasteiger partial charge in [0.25, 0.3) is 0 Å². The van der Waals surface area contributed by atoms with Crippen LogP contribution in [0.1, 0.15) is 46.5 Å². The molecule has 1 fully saturated rings. The van der Waals surface area contributed by atoms with Gasteiger partial charge in [-0.3, -0.25) is 0 Å². The molecule has 0 spiro atoms. The molecule has 0 aromatic carbocycles. The van der Waals surface area contributed by atoms with Crippen LogP contribution >= 0.6 is 0 Å². The molecule has 0 amide bonds. The molecule has 18 heavy (non-hydrogen) atoms. The van der Waals surface area contributed by atoms with Crippen molar-refractivity contribution in [2.75, 3.05) is 13.1 Å². The van der Waals surface area contributed by atoms with Crippen LogP contribution in [0, 0.1) is 5.92 Å². The van der Waals surface area contributed by atoms with E-state index in [0.717, 1.165) is 25.2 Å². The van der Waals surface area contributed by atoms with Gasteiger partial charge in [0.15, 0.2) is 0 Å². The Balaban J connectivity index is 2.79. The van der Waals surface area contributed by atoms with E-state index in [1.807, 2.05) is 13.0 Å². The van der Waals surface area contributed by atoms with Crippen LogP contribution in [0.4, 0.5) is 0 Å². The molecule has 1 saturated heterocycles. The fourth-order valence-corrected chi connectivity index (χ4v) is 2.49. The first-order valence-corrected chi connectivity index (χ1v) is 7.15. The molecule has 0 bridgehead atoms. The number of hydrogen-bond acceptors (Lipinski definition) is 2. The molecule has 1 aliphatic rings. The lowest BCUT2D eigenvalue weighted by molar-refractivity contribution is 0.264. The Morgan fingerprint density at radius 2 is 2.22 bits per heavy atom. The fraction of sp³-hybridized carbons (Fsp3) is 0.625. The summed E-state index contributed by atoms with van der Waals surface area (Å²) in [5, 5.41) is 0. The van der Waals surface area contributed by atoms with Gasteiger partial charge >= 0.3 is 0 Å². The van der Waals surface area contributed by atoms with E-state index in [4.69, 9.17) is 5.73 Å². The van der Waals surface area contributed by atoms with Crippen LogP contribution < -0.4 is 5.73 Å². The second-order valence-corrected chi connectivity index (χ2v) is 5.38. The lowest BCUT2D eigenvalue weighted by atomic mass is 9.92. The Morgan fingerprint density at radius 1 is 1.50 bits per heavy atom. The van der Waals surface area contributed by atoms with Crippen LogP contribution in [-0.2, 0) is 0 Å². The van der Waals surface area contributed by atoms with E-state index in [1.54, 1.807) is 0 Å². The minimum atomic E-state index is 0.697. The van der Waals surface area contributed by atoms with Gasteiger partial charge in [0.05, 0.1) is 0 Å². The van der Waals surface area contributed by atoms with Gasteiger partial charge in [-0.25, -0.2) is 0 Å². The van der Waals surface area contributed by atoms with Gasteiger partial charge in [0.2, 0.25) is 0 Å². The molecule has 1 atom stereocenters. The maximum atomic E-state index is 5.93. The van der Waals surface area contributed by atoms with Crippen molar-refractivity contribution in [2.24, 2.45) is 11.7 Å². The number of rotatable bonds is 5. The molecule has 2 heteroatoms. The van der Waals surface area contributed by atoms with E-state index in [1.165, 1.54) is 30.5 Å². The van der Waals surface area contributed by atoms with E-state index in [2.05, 4.69) is 31.4 Å². The molecule has 0 saturated carbocycles. The van der Waals surface area contributed by atoms with E-state index < -0.39 is 0 Å². The highest BCUT2D eigenvalue weighted by atomic mass is 15.1. The van der Waals surface area contributed by atoms with Crippen molar-refractivity contribution < 1.29 is 0 Å². The van der Waals surface area contributed by atoms with Crippen molar-refractivity contribution in [3.05, 3.63) is 35.7 Å². The van der Waals surface area contributed by atoms with E-state index in [-0.39, 0.29) is 0 Å². The average Bonchev–Trinajstić information content (AvgIpc) is 2.33. The highest BCUT2D eigenvalue weighted by molar-refractivity contribution is 5.35. The number of piperidine rings is 1. The SMILES string of the molecule is C=C1CC(C)CN(CCCCC)/C1=C/C(N)=C\C. The average molecular weight is 248 g/mol. The smallest absolute Gasteiger partial charge is 0.0413 e. The second kappa shape index (κ2) is 7.30. The molecule has 1 aliphatic heterocycles. The lowest BCUT2D eigenvalue weighted by Crippen LogP contribution is -2.34. The van der Waals surface area contributed by atoms with E-state index >= 15 is 0 Å². The maximum Gasteiger partial charge on any atom is 0.0413 e. The zero-order valence-corrected chi connectivity index (χ0v) is 12.2. The summed E-state index contributed by atoms with van der Waals surface area (Å²) in [7, 11) is 0. The maximum absolute atomic E-state index is 5.93. The van der Waals surface area contributed by atoms with Crippen LogP contribution in [-0.4, -0.2) is 18.0 Å². The van der Waals surface area contributed by atoms with Gasteiger partial charge in [-0.1, -0.05) is 39.3 Å². The van der Waals surface area contributed by atoms with Crippen molar-refractivity contribution in [1.29, 1.82) is 0 Å². The Morgan fingerprint density at radius 3 is 2.83 bits per heavy atom. The predicted octanol–water partition coefficient (Wildman–Crippen LogP) is 3.82. The zero-order valence-electron chi connectivity index (χ0n) is 12.2. The van der Waals surface area contributed by atoms with Crippen molar-refractivity contribution >= 4 is 0 Å². The number of likely N-dealkylation sites (tertiary alicyclic amines) is 1. The van der Waals surface area contributed by atoms with E-state index in [0.29, 0.717) is 5.92 Å². The number of nitrogens with zero attached hydrogens (tertiary/aromatic N) is 1. The molecular formula is C16H28N2. The number of hydrogen-bond donors (Lipinski definition) is 1. The third-order valence-corrected chi connectivity index (χ3v) is 3.50. The molecule has 0 aromatic rings. The first-order chi connectivity index (χ1) is 8.58. The van der Waals surface area contributed by atoms with E-state index in [9.17, 15) is 0 Å². The normalized spacial score (nSPS) is 23.8. The predicted molar refractivity (Wildman–Crippen MR) is 80.0 cm³/mol. The molecule has 0 aromatic heterocycles. The third-order valence-electron chi connectivity index (χ3n) is 3.50. The fourth-order valence-electron chi connectivity index (χ4n) is 2.49. The van der Waals surface area contributed by atoms with Crippen molar-refractivity contribution in [3.63, 3.8) is 0 Å². The summed E-state index contributed by atoms with van der Waals surface area (Å²) in [4.78, 5) is 2.46. The monoisotopic (exact) mass is 248 g/mol. The van der Waals surface area contributed by atoms with Gasteiger partial charge in [-0.15, -0.1) is 0 Å². The Hall–Kier alpha value is -1.18. The number of allylic oxidation sites excluding steroid dienone is 3. The summed E-state index contributed by atoms with van der Waals surface area (Å²) in [5.41, 5.74) is 9.25. The zero-order chi connectivity index (χ0) is 13.5. The van der Waals surface area contributed by atoms with Crippen LogP contribution in [0.2, 0.25) is 0 Å². The molecule has 1 unspecified atom stereocenters. The topological polar surface area (TPSA) is 29.3 Å². The molecule has 1 heterocycles. The van der Waals surface area contributed by atoms with Crippen molar-refractivity contribution in [3.8, 4) is 0 Å².